The van der Waals surface area contributed by atoms with E-state index in [4.69, 9.17) is 4.42 Å². The number of aromatic nitrogens is 1. The molecular weight excluding hydrogens is 444 g/mol. The lowest BCUT2D eigenvalue weighted by Gasteiger charge is -2.26. The summed E-state index contributed by atoms with van der Waals surface area (Å²) >= 11 is 0. The SMILES string of the molecule is Cc1oc(-c2ccc(C(=O)N[C@@H]3CCCc4ccccc43)cc2)nc1C[S@](=O)c1ccccc1. The molecule has 0 saturated heterocycles. The Bertz CT molecular complexity index is 1330. The van der Waals surface area contributed by atoms with Crippen molar-refractivity contribution in [2.45, 2.75) is 42.9 Å². The molecule has 0 spiro atoms. The molecule has 4 aromatic rings. The van der Waals surface area contributed by atoms with Gasteiger partial charge in [0.1, 0.15) is 5.76 Å². The van der Waals surface area contributed by atoms with Crippen LogP contribution in [0.2, 0.25) is 0 Å². The Morgan fingerprint density at radius 2 is 1.76 bits per heavy atom. The highest BCUT2D eigenvalue weighted by Gasteiger charge is 2.22. The molecule has 0 unspecified atom stereocenters. The minimum atomic E-state index is -1.19. The van der Waals surface area contributed by atoms with Gasteiger partial charge in [0, 0.05) is 16.0 Å². The van der Waals surface area contributed by atoms with Gasteiger partial charge in [-0.25, -0.2) is 4.98 Å². The summed E-state index contributed by atoms with van der Waals surface area (Å²) in [5.74, 6) is 1.32. The van der Waals surface area contributed by atoms with Crippen molar-refractivity contribution in [1.82, 2.24) is 10.3 Å². The summed E-state index contributed by atoms with van der Waals surface area (Å²) in [5, 5.41) is 3.19. The predicted octanol–water partition coefficient (Wildman–Crippen LogP) is 5.77. The number of amides is 1. The highest BCUT2D eigenvalue weighted by atomic mass is 32.2. The van der Waals surface area contributed by atoms with E-state index in [1.54, 1.807) is 12.1 Å². The molecule has 3 aromatic carbocycles. The monoisotopic (exact) mass is 470 g/mol. The maximum Gasteiger partial charge on any atom is 0.251 e. The van der Waals surface area contributed by atoms with Crippen molar-refractivity contribution in [2.75, 3.05) is 0 Å². The van der Waals surface area contributed by atoms with Crippen LogP contribution in [-0.2, 0) is 23.0 Å². The number of carbonyl (C=O) groups excluding carboxylic acids is 1. The maximum atomic E-state index is 12.9. The number of carbonyl (C=O) groups is 1. The third-order valence-electron chi connectivity index (χ3n) is 6.24. The fourth-order valence-corrected chi connectivity index (χ4v) is 5.52. The third kappa shape index (κ3) is 4.73. The Balaban J connectivity index is 1.28. The van der Waals surface area contributed by atoms with Gasteiger partial charge in [0.2, 0.25) is 5.89 Å². The van der Waals surface area contributed by atoms with Crippen molar-refractivity contribution in [3.63, 3.8) is 0 Å². The van der Waals surface area contributed by atoms with Gasteiger partial charge in [0.15, 0.2) is 0 Å². The third-order valence-corrected chi connectivity index (χ3v) is 7.57. The zero-order chi connectivity index (χ0) is 23.5. The molecule has 5 rings (SSSR count). The van der Waals surface area contributed by atoms with E-state index in [9.17, 15) is 9.00 Å². The van der Waals surface area contributed by atoms with Crippen LogP contribution in [0.4, 0.5) is 0 Å². The molecule has 2 atom stereocenters. The number of aryl methyl sites for hydroxylation is 2. The van der Waals surface area contributed by atoms with Gasteiger partial charge in [0.25, 0.3) is 5.91 Å². The Morgan fingerprint density at radius 1 is 1.03 bits per heavy atom. The molecule has 5 nitrogen and oxygen atoms in total. The summed E-state index contributed by atoms with van der Waals surface area (Å²) < 4.78 is 18.5. The van der Waals surface area contributed by atoms with Crippen LogP contribution in [0.3, 0.4) is 0 Å². The molecule has 1 aliphatic rings. The second-order valence-corrected chi connectivity index (χ2v) is 9.97. The van der Waals surface area contributed by atoms with Gasteiger partial charge in [0.05, 0.1) is 28.3 Å². The molecule has 34 heavy (non-hydrogen) atoms. The topological polar surface area (TPSA) is 72.2 Å². The van der Waals surface area contributed by atoms with Crippen molar-refractivity contribution < 1.29 is 13.4 Å². The average molecular weight is 471 g/mol. The second kappa shape index (κ2) is 9.77. The standard InChI is InChI=1S/C28H26N2O3S/c1-19-26(18-34(32)23-10-3-2-4-11-23)30-28(33-19)22-16-14-21(15-17-22)27(31)29-25-13-7-9-20-8-5-6-12-24(20)25/h2-6,8,10-12,14-17,25H,7,9,13,18H2,1H3,(H,29,31)/t25-,34+/m1/s1. The fraction of sp³-hybridized carbons (Fsp3) is 0.214. The molecule has 0 saturated carbocycles. The zero-order valence-electron chi connectivity index (χ0n) is 19.0. The average Bonchev–Trinajstić information content (AvgIpc) is 3.24. The molecule has 1 N–H and O–H groups in total. The van der Waals surface area contributed by atoms with E-state index < -0.39 is 10.8 Å². The van der Waals surface area contributed by atoms with Gasteiger partial charge in [-0.15, -0.1) is 0 Å². The van der Waals surface area contributed by atoms with E-state index in [-0.39, 0.29) is 11.9 Å². The number of benzene rings is 3. The molecule has 1 aromatic heterocycles. The second-order valence-electron chi connectivity index (χ2n) is 8.52. The van der Waals surface area contributed by atoms with Crippen LogP contribution in [0.1, 0.15) is 51.8 Å². The van der Waals surface area contributed by atoms with Crippen molar-refractivity contribution in [3.05, 3.63) is 107 Å². The molecule has 0 aliphatic heterocycles. The van der Waals surface area contributed by atoms with Crippen molar-refractivity contribution in [2.24, 2.45) is 0 Å². The van der Waals surface area contributed by atoms with Crippen molar-refractivity contribution >= 4 is 16.7 Å². The highest BCUT2D eigenvalue weighted by molar-refractivity contribution is 7.84. The molecule has 0 fully saturated rings. The maximum absolute atomic E-state index is 12.9. The van der Waals surface area contributed by atoms with Crippen LogP contribution in [0, 0.1) is 6.92 Å². The number of nitrogens with zero attached hydrogens (tertiary/aromatic N) is 1. The number of rotatable bonds is 6. The lowest BCUT2D eigenvalue weighted by Crippen LogP contribution is -2.30. The summed E-state index contributed by atoms with van der Waals surface area (Å²) in [7, 11) is -1.19. The van der Waals surface area contributed by atoms with Gasteiger partial charge in [-0.05, 0) is 73.7 Å². The van der Waals surface area contributed by atoms with Crippen molar-refractivity contribution in [1.29, 1.82) is 0 Å². The van der Waals surface area contributed by atoms with Gasteiger partial charge >= 0.3 is 0 Å². The summed E-state index contributed by atoms with van der Waals surface area (Å²) in [5.41, 5.74) is 4.59. The molecular formula is C28H26N2O3S. The lowest BCUT2D eigenvalue weighted by atomic mass is 9.87. The zero-order valence-corrected chi connectivity index (χ0v) is 19.8. The number of hydrogen-bond donors (Lipinski definition) is 1. The lowest BCUT2D eigenvalue weighted by molar-refractivity contribution is 0.0932. The predicted molar refractivity (Wildman–Crippen MR) is 133 cm³/mol. The van der Waals surface area contributed by atoms with Crippen LogP contribution >= 0.6 is 0 Å². The van der Waals surface area contributed by atoms with Crippen LogP contribution in [0.25, 0.3) is 11.5 Å². The molecule has 1 amide bonds. The number of nitrogens with one attached hydrogen (secondary N) is 1. The number of fused-ring (bicyclic) bond motifs is 1. The van der Waals surface area contributed by atoms with Crippen LogP contribution in [0.15, 0.2) is 88.2 Å². The highest BCUT2D eigenvalue weighted by Crippen LogP contribution is 2.30. The quantitative estimate of drug-likeness (QED) is 0.389. The van der Waals surface area contributed by atoms with E-state index in [0.717, 1.165) is 29.7 Å². The first-order valence-corrected chi connectivity index (χ1v) is 12.8. The van der Waals surface area contributed by atoms with Gasteiger partial charge < -0.3 is 9.73 Å². The van der Waals surface area contributed by atoms with E-state index in [0.29, 0.717) is 28.7 Å². The summed E-state index contributed by atoms with van der Waals surface area (Å²) in [6.45, 7) is 1.83. The summed E-state index contributed by atoms with van der Waals surface area (Å²) in [6.07, 6.45) is 3.08. The van der Waals surface area contributed by atoms with Crippen LogP contribution in [0.5, 0.6) is 0 Å². The largest absolute Gasteiger partial charge is 0.441 e. The Labute approximate surface area is 201 Å². The fourth-order valence-electron chi connectivity index (χ4n) is 4.37. The summed E-state index contributed by atoms with van der Waals surface area (Å²) in [6, 6.07) is 25.0. The molecule has 6 heteroatoms. The molecule has 0 bridgehead atoms. The van der Waals surface area contributed by atoms with Crippen LogP contribution in [-0.4, -0.2) is 15.1 Å². The Morgan fingerprint density at radius 3 is 2.56 bits per heavy atom. The van der Waals surface area contributed by atoms with E-state index >= 15 is 0 Å². The summed E-state index contributed by atoms with van der Waals surface area (Å²) in [4.78, 5) is 18.2. The van der Waals surface area contributed by atoms with Gasteiger partial charge in [-0.3, -0.25) is 9.00 Å². The molecule has 0 radical (unpaired) electrons. The number of oxazole rings is 1. The van der Waals surface area contributed by atoms with Crippen molar-refractivity contribution in [3.8, 4) is 11.5 Å². The minimum absolute atomic E-state index is 0.0413. The smallest absolute Gasteiger partial charge is 0.251 e. The van der Waals surface area contributed by atoms with E-state index in [1.807, 2.05) is 55.5 Å². The first-order valence-electron chi connectivity index (χ1n) is 11.5. The van der Waals surface area contributed by atoms with Gasteiger partial charge in [-0.1, -0.05) is 42.5 Å². The van der Waals surface area contributed by atoms with E-state index in [1.165, 1.54) is 11.1 Å². The minimum Gasteiger partial charge on any atom is -0.441 e. The Kier molecular flexibility index (Phi) is 6.41. The first-order chi connectivity index (χ1) is 16.6. The molecule has 172 valence electrons. The van der Waals surface area contributed by atoms with E-state index in [2.05, 4.69) is 28.5 Å². The Hall–Kier alpha value is -3.51. The normalized spacial score (nSPS) is 16.0. The van der Waals surface area contributed by atoms with Crippen LogP contribution < -0.4 is 5.32 Å². The number of hydrogen-bond acceptors (Lipinski definition) is 4. The van der Waals surface area contributed by atoms with Gasteiger partial charge in [-0.2, -0.15) is 0 Å². The molecule has 1 heterocycles. The first kappa shape index (κ1) is 22.3. The molecule has 1 aliphatic carbocycles.